The Balaban J connectivity index is 3.00. The van der Waals surface area contributed by atoms with Crippen LogP contribution in [-0.2, 0) is 5.67 Å². The Morgan fingerprint density at radius 1 is 1.38 bits per heavy atom. The van der Waals surface area contributed by atoms with Crippen molar-refractivity contribution in [3.63, 3.8) is 0 Å². The van der Waals surface area contributed by atoms with Crippen molar-refractivity contribution >= 4 is 0 Å². The maximum Gasteiger partial charge on any atom is 0.185 e. The minimum atomic E-state index is -1.57. The highest BCUT2D eigenvalue weighted by atomic mass is 19.1. The summed E-state index contributed by atoms with van der Waals surface area (Å²) < 4.78 is 13.7. The average Bonchev–Trinajstić information content (AvgIpc) is 2.05. The topological polar surface area (TPSA) is 25.8 Å². The van der Waals surface area contributed by atoms with E-state index in [1.165, 1.54) is 13.0 Å². The van der Waals surface area contributed by atoms with Crippen LogP contribution in [0.1, 0.15) is 25.2 Å². The first kappa shape index (κ1) is 9.84. The number of hydrogen-bond donors (Lipinski definition) is 0. The number of nitrogens with zero attached hydrogens (tertiary/aromatic N) is 2. The maximum atomic E-state index is 13.7. The Hall–Kier alpha value is -1.25. The summed E-state index contributed by atoms with van der Waals surface area (Å²) in [5.41, 5.74) is -0.636. The van der Waals surface area contributed by atoms with Gasteiger partial charge in [0.25, 0.3) is 0 Å². The van der Waals surface area contributed by atoms with E-state index in [0.29, 0.717) is 0 Å². The molecule has 0 aliphatic rings. The van der Waals surface area contributed by atoms with E-state index in [4.69, 9.17) is 0 Å². The van der Waals surface area contributed by atoms with Crippen molar-refractivity contribution in [1.82, 2.24) is 9.97 Å². The van der Waals surface area contributed by atoms with Crippen molar-refractivity contribution in [3.05, 3.63) is 35.9 Å². The second kappa shape index (κ2) is 3.64. The van der Waals surface area contributed by atoms with Gasteiger partial charge in [0.2, 0.25) is 0 Å². The largest absolute Gasteiger partial charge is 0.237 e. The van der Waals surface area contributed by atoms with Crippen molar-refractivity contribution in [2.75, 3.05) is 0 Å². The second-order valence-electron chi connectivity index (χ2n) is 3.16. The van der Waals surface area contributed by atoms with Crippen LogP contribution in [-0.4, -0.2) is 9.97 Å². The predicted molar refractivity (Wildman–Crippen MR) is 50.0 cm³/mol. The molecule has 1 rings (SSSR count). The molecule has 13 heavy (non-hydrogen) atoms. The lowest BCUT2D eigenvalue weighted by Gasteiger charge is -2.13. The fraction of sp³-hybridized carbons (Fsp3) is 0.400. The van der Waals surface area contributed by atoms with E-state index in [1.807, 2.05) is 6.92 Å². The van der Waals surface area contributed by atoms with Gasteiger partial charge in [-0.25, -0.2) is 14.4 Å². The van der Waals surface area contributed by atoms with E-state index < -0.39 is 5.67 Å². The molecule has 1 heterocycles. The number of hydrogen-bond acceptors (Lipinski definition) is 2. The van der Waals surface area contributed by atoms with Crippen LogP contribution >= 0.6 is 0 Å². The van der Waals surface area contributed by atoms with E-state index in [1.54, 1.807) is 25.4 Å². The van der Waals surface area contributed by atoms with Gasteiger partial charge in [0.1, 0.15) is 0 Å². The Morgan fingerprint density at radius 2 is 1.92 bits per heavy atom. The number of aryl methyl sites for hydroxylation is 1. The first-order valence-corrected chi connectivity index (χ1v) is 4.18. The highest BCUT2D eigenvalue weighted by Crippen LogP contribution is 2.22. The van der Waals surface area contributed by atoms with Crippen LogP contribution in [0.5, 0.6) is 0 Å². The highest BCUT2D eigenvalue weighted by molar-refractivity contribution is 5.13. The van der Waals surface area contributed by atoms with Gasteiger partial charge in [0.05, 0.1) is 0 Å². The molecule has 0 N–H and O–H groups in total. The third-order valence-electron chi connectivity index (χ3n) is 1.70. The zero-order chi connectivity index (χ0) is 9.90. The average molecular weight is 180 g/mol. The fourth-order valence-electron chi connectivity index (χ4n) is 1.03. The Morgan fingerprint density at radius 3 is 2.38 bits per heavy atom. The van der Waals surface area contributed by atoms with Crippen molar-refractivity contribution < 1.29 is 4.39 Å². The van der Waals surface area contributed by atoms with Crippen LogP contribution in [0.15, 0.2) is 24.5 Å². The normalized spacial score (nSPS) is 16.0. The summed E-state index contributed by atoms with van der Waals surface area (Å²) in [6.45, 7) is 5.08. The predicted octanol–water partition coefficient (Wildman–Crippen LogP) is 2.55. The molecule has 1 atom stereocenters. The maximum absolute atomic E-state index is 13.7. The van der Waals surface area contributed by atoms with Crippen LogP contribution in [0, 0.1) is 6.92 Å². The highest BCUT2D eigenvalue weighted by Gasteiger charge is 2.24. The molecule has 0 amide bonds. The summed E-state index contributed by atoms with van der Waals surface area (Å²) in [7, 11) is 0. The summed E-state index contributed by atoms with van der Waals surface area (Å²) in [6, 6.07) is 0. The third-order valence-corrected chi connectivity index (χ3v) is 1.70. The lowest BCUT2D eigenvalue weighted by atomic mass is 10.1. The third kappa shape index (κ3) is 2.34. The molecule has 2 nitrogen and oxygen atoms in total. The molecule has 0 aliphatic heterocycles. The zero-order valence-corrected chi connectivity index (χ0v) is 8.08. The number of alkyl halides is 1. The Kier molecular flexibility index (Phi) is 2.76. The summed E-state index contributed by atoms with van der Waals surface area (Å²) in [6.07, 6.45) is 6.33. The van der Waals surface area contributed by atoms with E-state index in [0.717, 1.165) is 5.56 Å². The molecule has 70 valence electrons. The van der Waals surface area contributed by atoms with Gasteiger partial charge in [0, 0.05) is 12.4 Å². The summed E-state index contributed by atoms with van der Waals surface area (Å²) in [5, 5.41) is 0. The molecule has 1 aromatic heterocycles. The second-order valence-corrected chi connectivity index (χ2v) is 3.16. The van der Waals surface area contributed by atoms with Gasteiger partial charge in [-0.1, -0.05) is 6.08 Å². The van der Waals surface area contributed by atoms with Crippen LogP contribution in [0.3, 0.4) is 0 Å². The Bertz CT molecular complexity index is 301. The van der Waals surface area contributed by atoms with Crippen LogP contribution in [0.2, 0.25) is 0 Å². The van der Waals surface area contributed by atoms with E-state index >= 15 is 0 Å². The van der Waals surface area contributed by atoms with Crippen LogP contribution < -0.4 is 0 Å². The number of allylic oxidation sites excluding steroid dienone is 2. The van der Waals surface area contributed by atoms with Crippen LogP contribution in [0.25, 0.3) is 0 Å². The molecule has 0 spiro atoms. The van der Waals surface area contributed by atoms with Gasteiger partial charge in [-0.2, -0.15) is 0 Å². The fourth-order valence-corrected chi connectivity index (χ4v) is 1.03. The first-order chi connectivity index (χ1) is 6.06. The molecule has 0 saturated heterocycles. The summed E-state index contributed by atoms with van der Waals surface area (Å²) >= 11 is 0. The lowest BCUT2D eigenvalue weighted by Crippen LogP contribution is -2.15. The van der Waals surface area contributed by atoms with Gasteiger partial charge >= 0.3 is 0 Å². The monoisotopic (exact) mass is 180 g/mol. The quantitative estimate of drug-likeness (QED) is 0.653. The summed E-state index contributed by atoms with van der Waals surface area (Å²) in [5.74, 6) is 0.205. The number of aromatic nitrogens is 2. The lowest BCUT2D eigenvalue weighted by molar-refractivity contribution is 0.247. The molecule has 0 fully saturated rings. The molecular formula is C10H13FN2. The molecule has 0 aliphatic carbocycles. The molecular weight excluding hydrogens is 167 g/mol. The number of rotatable bonds is 2. The van der Waals surface area contributed by atoms with Gasteiger partial charge in [-0.05, 0) is 32.4 Å². The standard InChI is InChI=1S/C10H13FN2/c1-4-5-10(3,11)9-12-6-8(2)7-13-9/h4-7H,1-3H3/b5-4+. The SMILES string of the molecule is C/C=C/C(C)(F)c1ncc(C)cn1. The van der Waals surface area contributed by atoms with Gasteiger partial charge in [0.15, 0.2) is 11.5 Å². The smallest absolute Gasteiger partial charge is 0.185 e. The minimum absolute atomic E-state index is 0.205. The number of halogens is 1. The Labute approximate surface area is 77.5 Å². The molecule has 1 aromatic rings. The van der Waals surface area contributed by atoms with Crippen molar-refractivity contribution in [3.8, 4) is 0 Å². The van der Waals surface area contributed by atoms with E-state index in [9.17, 15) is 4.39 Å². The molecule has 0 aromatic carbocycles. The van der Waals surface area contributed by atoms with Crippen molar-refractivity contribution in [2.24, 2.45) is 0 Å². The molecule has 3 heteroatoms. The van der Waals surface area contributed by atoms with Gasteiger partial charge in [-0.15, -0.1) is 0 Å². The zero-order valence-electron chi connectivity index (χ0n) is 8.08. The first-order valence-electron chi connectivity index (χ1n) is 4.18. The molecule has 0 saturated carbocycles. The molecule has 1 unspecified atom stereocenters. The van der Waals surface area contributed by atoms with Gasteiger partial charge < -0.3 is 0 Å². The van der Waals surface area contributed by atoms with E-state index in [2.05, 4.69) is 9.97 Å². The molecule has 0 bridgehead atoms. The summed E-state index contributed by atoms with van der Waals surface area (Å²) in [4.78, 5) is 7.86. The van der Waals surface area contributed by atoms with Crippen LogP contribution in [0.4, 0.5) is 4.39 Å². The van der Waals surface area contributed by atoms with E-state index in [-0.39, 0.29) is 5.82 Å². The molecule has 0 radical (unpaired) electrons. The van der Waals surface area contributed by atoms with Gasteiger partial charge in [-0.3, -0.25) is 0 Å². The van der Waals surface area contributed by atoms with Crippen molar-refractivity contribution in [1.29, 1.82) is 0 Å². The minimum Gasteiger partial charge on any atom is -0.237 e. The van der Waals surface area contributed by atoms with Crippen molar-refractivity contribution in [2.45, 2.75) is 26.4 Å².